The van der Waals surface area contributed by atoms with Gasteiger partial charge in [0.05, 0.1) is 30.5 Å². The number of benzene rings is 3. The van der Waals surface area contributed by atoms with E-state index in [1.807, 2.05) is 0 Å². The molecule has 9 nitrogen and oxygen atoms in total. The molecule has 1 aliphatic carbocycles. The normalized spacial score (nSPS) is 18.1. The third kappa shape index (κ3) is 6.93. The molecule has 2 aliphatic heterocycles. The van der Waals surface area contributed by atoms with Crippen molar-refractivity contribution in [3.63, 3.8) is 0 Å². The quantitative estimate of drug-likeness (QED) is 0.319. The summed E-state index contributed by atoms with van der Waals surface area (Å²) in [5.41, 5.74) is 0.800. The SMILES string of the molecule is COc1cc(OC(F)(F)F)ccc1OCC(=O)N1CCN2C(=O)c3cc(-c4cc(C5CC5)cc(C(F)(F)F)c4)ccc3NC(=O)[C@@H]2C1. The highest BCUT2D eigenvalue weighted by Crippen LogP contribution is 2.44. The van der Waals surface area contributed by atoms with Crippen LogP contribution in [0, 0.1) is 0 Å². The molecule has 0 radical (unpaired) electrons. The van der Waals surface area contributed by atoms with Crippen LogP contribution in [-0.2, 0) is 15.8 Å². The van der Waals surface area contributed by atoms with E-state index in [4.69, 9.17) is 9.47 Å². The van der Waals surface area contributed by atoms with Crippen LogP contribution in [0.2, 0.25) is 0 Å². The average Bonchev–Trinajstić information content (AvgIpc) is 3.88. The number of methoxy groups -OCH3 is 1. The highest BCUT2D eigenvalue weighted by molar-refractivity contribution is 6.10. The number of nitrogens with one attached hydrogen (secondary N) is 1. The lowest BCUT2D eigenvalue weighted by Gasteiger charge is -2.39. The van der Waals surface area contributed by atoms with Crippen LogP contribution >= 0.6 is 0 Å². The fourth-order valence-corrected chi connectivity index (χ4v) is 5.69. The molecule has 3 aromatic rings. The van der Waals surface area contributed by atoms with E-state index in [1.165, 1.54) is 29.0 Å². The molecule has 0 spiro atoms. The molecule has 47 heavy (non-hydrogen) atoms. The Morgan fingerprint density at radius 1 is 0.915 bits per heavy atom. The zero-order valence-corrected chi connectivity index (χ0v) is 24.7. The van der Waals surface area contributed by atoms with Crippen LogP contribution < -0.4 is 19.5 Å². The van der Waals surface area contributed by atoms with Gasteiger partial charge in [-0.25, -0.2) is 0 Å². The second-order valence-corrected chi connectivity index (χ2v) is 11.4. The summed E-state index contributed by atoms with van der Waals surface area (Å²) in [4.78, 5) is 42.6. The third-order valence-electron chi connectivity index (χ3n) is 8.19. The molecule has 1 N–H and O–H groups in total. The van der Waals surface area contributed by atoms with E-state index in [2.05, 4.69) is 10.1 Å². The van der Waals surface area contributed by atoms with Crippen LogP contribution in [0.4, 0.5) is 32.0 Å². The first-order valence-corrected chi connectivity index (χ1v) is 14.5. The highest BCUT2D eigenvalue weighted by Gasteiger charge is 2.41. The Balaban J connectivity index is 1.17. The van der Waals surface area contributed by atoms with E-state index in [1.54, 1.807) is 12.1 Å². The summed E-state index contributed by atoms with van der Waals surface area (Å²) in [7, 11) is 1.20. The fraction of sp³-hybridized carbons (Fsp3) is 0.344. The number of piperazine rings is 1. The number of rotatable bonds is 7. The summed E-state index contributed by atoms with van der Waals surface area (Å²) in [5.74, 6) is -2.24. The molecule has 1 saturated carbocycles. The number of alkyl halides is 6. The van der Waals surface area contributed by atoms with Crippen LogP contribution in [0.25, 0.3) is 11.1 Å². The number of hydrogen-bond donors (Lipinski definition) is 1. The molecule has 0 unspecified atom stereocenters. The molecule has 2 heterocycles. The van der Waals surface area contributed by atoms with Gasteiger partial charge in [-0.3, -0.25) is 14.4 Å². The number of halogens is 6. The minimum atomic E-state index is -4.91. The van der Waals surface area contributed by atoms with Crippen molar-refractivity contribution >= 4 is 23.4 Å². The van der Waals surface area contributed by atoms with Gasteiger partial charge in [0.2, 0.25) is 5.91 Å². The Labute approximate surface area is 264 Å². The molecule has 3 aromatic carbocycles. The van der Waals surface area contributed by atoms with Crippen molar-refractivity contribution in [1.29, 1.82) is 0 Å². The summed E-state index contributed by atoms with van der Waals surface area (Å²) < 4.78 is 93.2. The summed E-state index contributed by atoms with van der Waals surface area (Å²) in [5, 5.41) is 2.70. The number of carbonyl (C=O) groups excluding carboxylic acids is 3. The number of fused-ring (bicyclic) bond motifs is 2. The van der Waals surface area contributed by atoms with Crippen LogP contribution in [0.5, 0.6) is 17.2 Å². The standard InChI is InChI=1S/C32H27F6N3O6/c1-45-27-14-22(47-32(36,37)38)5-7-26(27)46-16-28(42)40-8-9-41-25(15-40)29(43)39-24-6-4-18(13-23(24)30(41)44)20-10-19(17-2-3-17)11-21(12-20)31(33,34)35/h4-7,10-14,17,25H,2-3,8-9,15-16H2,1H3,(H,39,43)/t25-/m0/s1. The Kier molecular flexibility index (Phi) is 8.18. The first-order chi connectivity index (χ1) is 22.2. The van der Waals surface area contributed by atoms with Gasteiger partial charge in [0.25, 0.3) is 11.8 Å². The number of hydrogen-bond acceptors (Lipinski definition) is 6. The average molecular weight is 664 g/mol. The molecule has 6 rings (SSSR count). The molecule has 1 saturated heterocycles. The molecule has 2 fully saturated rings. The first-order valence-electron chi connectivity index (χ1n) is 14.5. The molecule has 248 valence electrons. The second-order valence-electron chi connectivity index (χ2n) is 11.4. The highest BCUT2D eigenvalue weighted by atomic mass is 19.4. The van der Waals surface area contributed by atoms with Crippen molar-refractivity contribution in [2.75, 3.05) is 38.7 Å². The Morgan fingerprint density at radius 2 is 1.68 bits per heavy atom. The van der Waals surface area contributed by atoms with E-state index < -0.39 is 54.2 Å². The minimum Gasteiger partial charge on any atom is -0.493 e. The van der Waals surface area contributed by atoms with Crippen LogP contribution in [0.15, 0.2) is 54.6 Å². The van der Waals surface area contributed by atoms with E-state index in [-0.39, 0.29) is 48.3 Å². The molecule has 15 heteroatoms. The fourth-order valence-electron chi connectivity index (χ4n) is 5.69. The van der Waals surface area contributed by atoms with Crippen molar-refractivity contribution < 1.29 is 54.9 Å². The number of nitrogens with zero attached hydrogens (tertiary/aromatic N) is 2. The lowest BCUT2D eigenvalue weighted by Crippen LogP contribution is -2.60. The monoisotopic (exact) mass is 663 g/mol. The van der Waals surface area contributed by atoms with Crippen molar-refractivity contribution in [2.24, 2.45) is 0 Å². The van der Waals surface area contributed by atoms with Gasteiger partial charge in [-0.2, -0.15) is 13.2 Å². The van der Waals surface area contributed by atoms with E-state index in [0.717, 1.165) is 43.2 Å². The Bertz CT molecular complexity index is 1740. The lowest BCUT2D eigenvalue weighted by atomic mass is 9.95. The maximum absolute atomic E-state index is 13.7. The van der Waals surface area contributed by atoms with Crippen molar-refractivity contribution in [2.45, 2.75) is 37.3 Å². The molecule has 1 atom stereocenters. The molecular formula is C32H27F6N3O6. The molecular weight excluding hydrogens is 636 g/mol. The zero-order valence-electron chi connectivity index (χ0n) is 24.7. The Morgan fingerprint density at radius 3 is 2.36 bits per heavy atom. The van der Waals surface area contributed by atoms with Gasteiger partial charge in [-0.1, -0.05) is 12.1 Å². The number of carbonyl (C=O) groups is 3. The van der Waals surface area contributed by atoms with Crippen LogP contribution in [0.3, 0.4) is 0 Å². The summed E-state index contributed by atoms with van der Waals surface area (Å²) in [6.07, 6.45) is -7.85. The maximum atomic E-state index is 13.7. The topological polar surface area (TPSA) is 97.4 Å². The van der Waals surface area contributed by atoms with Gasteiger partial charge in [-0.15, -0.1) is 13.2 Å². The summed E-state index contributed by atoms with van der Waals surface area (Å²) in [6, 6.07) is 10.4. The van der Waals surface area contributed by atoms with Gasteiger partial charge >= 0.3 is 12.5 Å². The van der Waals surface area contributed by atoms with E-state index in [9.17, 15) is 40.7 Å². The predicted octanol–water partition coefficient (Wildman–Crippen LogP) is 5.84. The Hall–Kier alpha value is -4.95. The molecule has 3 amide bonds. The van der Waals surface area contributed by atoms with Crippen molar-refractivity contribution in [1.82, 2.24) is 9.80 Å². The van der Waals surface area contributed by atoms with Crippen LogP contribution in [-0.4, -0.2) is 73.3 Å². The molecule has 0 aromatic heterocycles. The van der Waals surface area contributed by atoms with E-state index >= 15 is 0 Å². The predicted molar refractivity (Wildman–Crippen MR) is 154 cm³/mol. The largest absolute Gasteiger partial charge is 0.573 e. The summed E-state index contributed by atoms with van der Waals surface area (Å²) in [6.45, 7) is -0.689. The van der Waals surface area contributed by atoms with Gasteiger partial charge in [0.1, 0.15) is 11.8 Å². The lowest BCUT2D eigenvalue weighted by molar-refractivity contribution is -0.274. The number of anilines is 1. The smallest absolute Gasteiger partial charge is 0.493 e. The van der Waals surface area contributed by atoms with Crippen molar-refractivity contribution in [3.8, 4) is 28.4 Å². The zero-order chi connectivity index (χ0) is 33.7. The van der Waals surface area contributed by atoms with Gasteiger partial charge in [-0.05, 0) is 71.8 Å². The van der Waals surface area contributed by atoms with Gasteiger partial charge in [0.15, 0.2) is 18.1 Å². The van der Waals surface area contributed by atoms with Gasteiger partial charge < -0.3 is 29.3 Å². The molecule has 3 aliphatic rings. The second kappa shape index (κ2) is 12.0. The van der Waals surface area contributed by atoms with Gasteiger partial charge in [0, 0.05) is 19.2 Å². The van der Waals surface area contributed by atoms with Crippen LogP contribution in [0.1, 0.15) is 40.2 Å². The number of amides is 3. The minimum absolute atomic E-state index is 0.0193. The number of ether oxygens (including phenoxy) is 3. The molecule has 0 bridgehead atoms. The van der Waals surface area contributed by atoms with E-state index in [0.29, 0.717) is 16.7 Å². The van der Waals surface area contributed by atoms with Crippen molar-refractivity contribution in [3.05, 3.63) is 71.3 Å². The third-order valence-corrected chi connectivity index (χ3v) is 8.19. The summed E-state index contributed by atoms with van der Waals surface area (Å²) >= 11 is 0. The first kappa shape index (κ1) is 32.0. The maximum Gasteiger partial charge on any atom is 0.573 e.